The number of benzene rings is 1. The fourth-order valence-electron chi connectivity index (χ4n) is 6.10. The van der Waals surface area contributed by atoms with E-state index in [1.54, 1.807) is 0 Å². The van der Waals surface area contributed by atoms with Crippen molar-refractivity contribution in [1.82, 2.24) is 5.32 Å². The molecule has 1 saturated carbocycles. The molecule has 5 aliphatic rings. The average molecular weight is 418 g/mol. The molecule has 1 aromatic carbocycles. The Labute approximate surface area is 179 Å². The molecule has 2 bridgehead atoms. The van der Waals surface area contributed by atoms with E-state index >= 15 is 0 Å². The van der Waals surface area contributed by atoms with Crippen molar-refractivity contribution < 1.29 is 24.0 Å². The summed E-state index contributed by atoms with van der Waals surface area (Å²) in [6.07, 6.45) is 3.44. The molecule has 5 fully saturated rings. The summed E-state index contributed by atoms with van der Waals surface area (Å²) in [4.78, 5) is 11.8. The van der Waals surface area contributed by atoms with Crippen molar-refractivity contribution in [2.45, 2.75) is 77.0 Å². The first-order valence-corrected chi connectivity index (χ1v) is 11.6. The number of hydrogen-bond donors (Lipinski definition) is 1. The van der Waals surface area contributed by atoms with Gasteiger partial charge in [-0.3, -0.25) is 0 Å². The van der Waals surface area contributed by atoms with Crippen molar-refractivity contribution >= 4 is 0 Å². The normalized spacial score (nSPS) is 44.6. The Hall–Kier alpha value is -1.02. The maximum absolute atomic E-state index is 6.38. The molecule has 0 radical (unpaired) electrons. The topological polar surface area (TPSA) is 58.2 Å². The Morgan fingerprint density at radius 1 is 1.10 bits per heavy atom. The lowest BCUT2D eigenvalue weighted by molar-refractivity contribution is -0.615. The zero-order valence-corrected chi connectivity index (χ0v) is 18.3. The second-order valence-electron chi connectivity index (χ2n) is 9.83. The van der Waals surface area contributed by atoms with Crippen LogP contribution in [0.2, 0.25) is 0 Å². The van der Waals surface area contributed by atoms with Crippen LogP contribution < -0.4 is 5.32 Å². The monoisotopic (exact) mass is 417 g/mol. The van der Waals surface area contributed by atoms with Gasteiger partial charge >= 0.3 is 0 Å². The highest BCUT2D eigenvalue weighted by Crippen LogP contribution is 2.62. The van der Waals surface area contributed by atoms with Gasteiger partial charge in [-0.15, -0.1) is 0 Å². The Morgan fingerprint density at radius 3 is 2.77 bits per heavy atom. The first-order valence-electron chi connectivity index (χ1n) is 11.6. The molecule has 6 nitrogen and oxygen atoms in total. The van der Waals surface area contributed by atoms with Gasteiger partial charge in [-0.2, -0.15) is 0 Å². The van der Waals surface area contributed by atoms with Crippen molar-refractivity contribution in [3.8, 4) is 0 Å². The average Bonchev–Trinajstić information content (AvgIpc) is 2.75. The molecular weight excluding hydrogens is 382 g/mol. The van der Waals surface area contributed by atoms with E-state index in [-0.39, 0.29) is 12.2 Å². The van der Waals surface area contributed by atoms with Crippen molar-refractivity contribution in [3.05, 3.63) is 35.9 Å². The summed E-state index contributed by atoms with van der Waals surface area (Å²) in [6.45, 7) is 8.98. The summed E-state index contributed by atoms with van der Waals surface area (Å²) >= 11 is 0. The summed E-state index contributed by atoms with van der Waals surface area (Å²) in [5, 5.41) is 3.48. The predicted octanol–water partition coefficient (Wildman–Crippen LogP) is 4.00. The Bertz CT molecular complexity index is 732. The van der Waals surface area contributed by atoms with Crippen LogP contribution in [0.4, 0.5) is 0 Å². The highest BCUT2D eigenvalue weighted by molar-refractivity contribution is 5.14. The molecule has 1 aliphatic carbocycles. The van der Waals surface area contributed by atoms with Crippen LogP contribution in [-0.4, -0.2) is 37.1 Å². The van der Waals surface area contributed by atoms with Crippen LogP contribution in [0.3, 0.4) is 0 Å². The van der Waals surface area contributed by atoms with Crippen molar-refractivity contribution in [1.29, 1.82) is 0 Å². The van der Waals surface area contributed by atoms with Gasteiger partial charge in [0.1, 0.15) is 0 Å². The smallest absolute Gasteiger partial charge is 0.202 e. The fourth-order valence-corrected chi connectivity index (χ4v) is 6.10. The molecule has 3 unspecified atom stereocenters. The van der Waals surface area contributed by atoms with E-state index in [0.29, 0.717) is 24.4 Å². The third-order valence-corrected chi connectivity index (χ3v) is 7.73. The molecular formula is C24H35NO5. The molecule has 8 atom stereocenters. The summed E-state index contributed by atoms with van der Waals surface area (Å²) in [6, 6.07) is 10.5. The zero-order valence-electron chi connectivity index (χ0n) is 18.3. The van der Waals surface area contributed by atoms with Gasteiger partial charge in [0.15, 0.2) is 18.2 Å². The van der Waals surface area contributed by atoms with E-state index < -0.39 is 17.7 Å². The van der Waals surface area contributed by atoms with E-state index in [4.69, 9.17) is 24.0 Å². The van der Waals surface area contributed by atoms with Gasteiger partial charge in [0.25, 0.3) is 0 Å². The number of fused-ring (bicyclic) bond motifs is 1. The number of rotatable bonds is 7. The first kappa shape index (κ1) is 20.9. The minimum atomic E-state index is -0.723. The van der Waals surface area contributed by atoms with Crippen molar-refractivity contribution in [2.24, 2.45) is 23.7 Å². The van der Waals surface area contributed by atoms with E-state index in [1.807, 2.05) is 13.0 Å². The SMILES string of the molecule is C[C@@H]1CCC2[C@@H](C)[C@@H](OCCCNCc3ccccc3)O[C@@H]3OC4(C)CC1[C@@]23OO4. The lowest BCUT2D eigenvalue weighted by Crippen LogP contribution is -2.76. The van der Waals surface area contributed by atoms with Gasteiger partial charge in [0.05, 0.1) is 6.61 Å². The van der Waals surface area contributed by atoms with Crippen LogP contribution in [-0.2, 0) is 30.5 Å². The molecule has 30 heavy (non-hydrogen) atoms. The van der Waals surface area contributed by atoms with Gasteiger partial charge in [-0.25, -0.2) is 9.78 Å². The predicted molar refractivity (Wildman–Crippen MR) is 111 cm³/mol. The maximum atomic E-state index is 6.38. The third kappa shape index (κ3) is 3.51. The third-order valence-electron chi connectivity index (χ3n) is 7.73. The van der Waals surface area contributed by atoms with Crippen LogP contribution in [0.1, 0.15) is 52.0 Å². The summed E-state index contributed by atoms with van der Waals surface area (Å²) in [5.74, 6) is 0.825. The summed E-state index contributed by atoms with van der Waals surface area (Å²) in [5.41, 5.74) is 0.806. The van der Waals surface area contributed by atoms with E-state index in [0.717, 1.165) is 32.4 Å². The van der Waals surface area contributed by atoms with Crippen LogP contribution >= 0.6 is 0 Å². The highest BCUT2D eigenvalue weighted by atomic mass is 17.3. The van der Waals surface area contributed by atoms with Crippen molar-refractivity contribution in [2.75, 3.05) is 13.2 Å². The van der Waals surface area contributed by atoms with Crippen molar-refractivity contribution in [3.63, 3.8) is 0 Å². The minimum Gasteiger partial charge on any atom is -0.352 e. The molecule has 1 aromatic rings. The quantitative estimate of drug-likeness (QED) is 0.535. The zero-order chi connectivity index (χ0) is 20.8. The van der Waals surface area contributed by atoms with E-state index in [2.05, 4.69) is 43.4 Å². The lowest BCUT2D eigenvalue weighted by Gasteiger charge is -2.66. The molecule has 4 aliphatic heterocycles. The second-order valence-corrected chi connectivity index (χ2v) is 9.83. The van der Waals surface area contributed by atoms with E-state index in [9.17, 15) is 0 Å². The molecule has 6 rings (SSSR count). The van der Waals surface area contributed by atoms with Crippen LogP contribution in [0.5, 0.6) is 0 Å². The van der Waals surface area contributed by atoms with E-state index in [1.165, 1.54) is 12.0 Å². The van der Waals surface area contributed by atoms with Crippen LogP contribution in [0.25, 0.3) is 0 Å². The van der Waals surface area contributed by atoms with Gasteiger partial charge in [0.2, 0.25) is 5.79 Å². The van der Waals surface area contributed by atoms with Gasteiger partial charge in [-0.1, -0.05) is 44.2 Å². The number of ether oxygens (including phenoxy) is 3. The lowest BCUT2D eigenvalue weighted by atomic mass is 9.56. The second kappa shape index (κ2) is 8.15. The highest BCUT2D eigenvalue weighted by Gasteiger charge is 2.72. The summed E-state index contributed by atoms with van der Waals surface area (Å²) in [7, 11) is 0. The Morgan fingerprint density at radius 2 is 1.93 bits per heavy atom. The van der Waals surface area contributed by atoms with Crippen LogP contribution in [0, 0.1) is 23.7 Å². The summed E-state index contributed by atoms with van der Waals surface area (Å²) < 4.78 is 18.9. The molecule has 1 N–H and O–H groups in total. The van der Waals surface area contributed by atoms with Gasteiger partial charge < -0.3 is 19.5 Å². The Kier molecular flexibility index (Phi) is 5.67. The number of nitrogens with one attached hydrogen (secondary N) is 1. The molecule has 4 saturated heterocycles. The standard InChI is InChI=1S/C24H35NO5/c1-16-10-11-19-17(2)21(26-13-7-12-25-15-18-8-5-4-6-9-18)27-22-24(19)20(16)14-23(3,28-22)29-30-24/h4-6,8-9,16-17,19-22,25H,7,10-15H2,1-3H3/t16-,17-,19?,20?,21+,22-,23?,24+/m1/s1. The molecule has 0 aromatic heterocycles. The number of hydrogen-bond acceptors (Lipinski definition) is 6. The fraction of sp³-hybridized carbons (Fsp3) is 0.750. The van der Waals surface area contributed by atoms with Gasteiger partial charge in [0, 0.05) is 30.7 Å². The molecule has 166 valence electrons. The maximum Gasteiger partial charge on any atom is 0.202 e. The molecule has 6 heteroatoms. The first-order chi connectivity index (χ1) is 14.5. The van der Waals surface area contributed by atoms with Crippen LogP contribution in [0.15, 0.2) is 30.3 Å². The molecule has 0 amide bonds. The van der Waals surface area contributed by atoms with Gasteiger partial charge in [-0.05, 0) is 44.2 Å². The molecule has 1 spiro atoms. The molecule has 4 heterocycles. The minimum absolute atomic E-state index is 0.239. The largest absolute Gasteiger partial charge is 0.352 e. The Balaban J connectivity index is 1.16.